The van der Waals surface area contributed by atoms with Crippen molar-refractivity contribution in [2.24, 2.45) is 5.92 Å². The second-order valence-corrected chi connectivity index (χ2v) is 7.69. The van der Waals surface area contributed by atoms with Crippen LogP contribution in [0.1, 0.15) is 35.3 Å². The molecule has 8 heteroatoms. The minimum Gasteiger partial charge on any atom is -0.483 e. The molecule has 0 aliphatic carbocycles. The molecular formula is C22H26ClN3O4. The number of amides is 3. The van der Waals surface area contributed by atoms with E-state index in [1.807, 2.05) is 32.0 Å². The van der Waals surface area contributed by atoms with Crippen molar-refractivity contribution in [3.8, 4) is 5.75 Å². The summed E-state index contributed by atoms with van der Waals surface area (Å²) in [6.45, 7) is 7.10. The van der Waals surface area contributed by atoms with E-state index in [2.05, 4.69) is 16.2 Å². The molecule has 3 amide bonds. The molecule has 2 rings (SSSR count). The van der Waals surface area contributed by atoms with Crippen LogP contribution in [0.2, 0.25) is 5.02 Å². The molecule has 0 spiro atoms. The number of carbonyl (C=O) groups is 3. The summed E-state index contributed by atoms with van der Waals surface area (Å²) in [5.41, 5.74) is 6.86. The number of aryl methyl sites for hydroxylation is 2. The number of hydrazine groups is 1. The Morgan fingerprint density at radius 2 is 1.57 bits per heavy atom. The first-order valence-corrected chi connectivity index (χ1v) is 9.91. The monoisotopic (exact) mass is 431 g/mol. The number of ether oxygens (including phenoxy) is 1. The number of hydrogen-bond acceptors (Lipinski definition) is 4. The predicted octanol–water partition coefficient (Wildman–Crippen LogP) is 2.94. The maximum atomic E-state index is 12.5. The largest absolute Gasteiger partial charge is 0.483 e. The van der Waals surface area contributed by atoms with E-state index in [1.54, 1.807) is 38.1 Å². The van der Waals surface area contributed by atoms with Crippen LogP contribution >= 0.6 is 11.6 Å². The smallest absolute Gasteiger partial charge is 0.276 e. The summed E-state index contributed by atoms with van der Waals surface area (Å²) in [5.74, 6) is -1.03. The molecule has 7 nitrogen and oxygen atoms in total. The number of carbonyl (C=O) groups excluding carboxylic acids is 3. The Kier molecular flexibility index (Phi) is 8.24. The van der Waals surface area contributed by atoms with Gasteiger partial charge in [0.05, 0.1) is 0 Å². The van der Waals surface area contributed by atoms with Crippen molar-refractivity contribution in [2.75, 3.05) is 6.61 Å². The molecule has 0 heterocycles. The molecule has 30 heavy (non-hydrogen) atoms. The van der Waals surface area contributed by atoms with E-state index in [-0.39, 0.29) is 12.5 Å². The molecule has 2 aromatic carbocycles. The molecule has 0 aliphatic rings. The zero-order valence-corrected chi connectivity index (χ0v) is 18.2. The van der Waals surface area contributed by atoms with Gasteiger partial charge in [0.2, 0.25) is 0 Å². The summed E-state index contributed by atoms with van der Waals surface area (Å²) >= 11 is 5.83. The van der Waals surface area contributed by atoms with E-state index in [1.165, 1.54) is 0 Å². The number of nitrogens with one attached hydrogen (secondary N) is 3. The lowest BCUT2D eigenvalue weighted by molar-refractivity contribution is -0.131. The standard InChI is InChI=1S/C22H26ClN3O4/c1-13(2)19(24-21(28)16-8-10-17(23)11-9-16)22(29)26-25-18(27)12-30-20-14(3)6-5-7-15(20)4/h5-11,13,19H,12H2,1-4H3,(H,24,28)(H,25,27)(H,26,29)/t19-/m0/s1. The first kappa shape index (κ1) is 23.2. The third-order valence-electron chi connectivity index (χ3n) is 4.42. The molecule has 0 aliphatic heterocycles. The lowest BCUT2D eigenvalue weighted by atomic mass is 10.0. The summed E-state index contributed by atoms with van der Waals surface area (Å²) in [6, 6.07) is 11.2. The third kappa shape index (κ3) is 6.49. The fraction of sp³-hybridized carbons (Fsp3) is 0.318. The average molecular weight is 432 g/mol. The van der Waals surface area contributed by atoms with Crippen LogP contribution in [0.3, 0.4) is 0 Å². The van der Waals surface area contributed by atoms with Crippen LogP contribution in [0.4, 0.5) is 0 Å². The Labute approximate surface area is 181 Å². The van der Waals surface area contributed by atoms with Crippen LogP contribution in [-0.4, -0.2) is 30.4 Å². The molecule has 160 valence electrons. The van der Waals surface area contributed by atoms with Gasteiger partial charge in [-0.15, -0.1) is 0 Å². The summed E-state index contributed by atoms with van der Waals surface area (Å²) in [7, 11) is 0. The highest BCUT2D eigenvalue weighted by Crippen LogP contribution is 2.22. The van der Waals surface area contributed by atoms with Gasteiger partial charge < -0.3 is 10.1 Å². The van der Waals surface area contributed by atoms with Crippen LogP contribution in [-0.2, 0) is 9.59 Å². The van der Waals surface area contributed by atoms with Gasteiger partial charge >= 0.3 is 0 Å². The van der Waals surface area contributed by atoms with Crippen LogP contribution in [0, 0.1) is 19.8 Å². The molecule has 0 radical (unpaired) electrons. The lowest BCUT2D eigenvalue weighted by Gasteiger charge is -2.22. The normalized spacial score (nSPS) is 11.5. The van der Waals surface area contributed by atoms with E-state index < -0.39 is 23.8 Å². The minimum absolute atomic E-state index is 0.205. The van der Waals surface area contributed by atoms with Gasteiger partial charge in [0.1, 0.15) is 11.8 Å². The van der Waals surface area contributed by atoms with Crippen molar-refractivity contribution < 1.29 is 19.1 Å². The van der Waals surface area contributed by atoms with Gasteiger partial charge in [0.15, 0.2) is 6.61 Å². The number of para-hydroxylation sites is 1. The van der Waals surface area contributed by atoms with E-state index in [0.717, 1.165) is 11.1 Å². The SMILES string of the molecule is Cc1cccc(C)c1OCC(=O)NNC(=O)[C@@H](NC(=O)c1ccc(Cl)cc1)C(C)C. The van der Waals surface area contributed by atoms with Crippen molar-refractivity contribution in [1.82, 2.24) is 16.2 Å². The van der Waals surface area contributed by atoms with E-state index in [0.29, 0.717) is 16.3 Å². The Morgan fingerprint density at radius 3 is 2.13 bits per heavy atom. The third-order valence-corrected chi connectivity index (χ3v) is 4.68. The van der Waals surface area contributed by atoms with Gasteiger partial charge in [0, 0.05) is 10.6 Å². The molecule has 1 atom stereocenters. The van der Waals surface area contributed by atoms with Gasteiger partial charge in [-0.1, -0.05) is 43.6 Å². The maximum Gasteiger partial charge on any atom is 0.276 e. The molecule has 2 aromatic rings. The molecule has 0 fully saturated rings. The Bertz CT molecular complexity index is 893. The second-order valence-electron chi connectivity index (χ2n) is 7.25. The molecule has 3 N–H and O–H groups in total. The summed E-state index contributed by atoms with van der Waals surface area (Å²) < 4.78 is 5.56. The van der Waals surface area contributed by atoms with Gasteiger partial charge in [-0.2, -0.15) is 0 Å². The van der Waals surface area contributed by atoms with Crippen molar-refractivity contribution in [3.63, 3.8) is 0 Å². The molecule has 0 saturated carbocycles. The first-order chi connectivity index (χ1) is 14.2. The molecule has 0 aromatic heterocycles. The number of hydrogen-bond donors (Lipinski definition) is 3. The first-order valence-electron chi connectivity index (χ1n) is 9.53. The molecule has 0 bridgehead atoms. The fourth-order valence-corrected chi connectivity index (χ4v) is 2.90. The maximum absolute atomic E-state index is 12.5. The van der Waals surface area contributed by atoms with Crippen molar-refractivity contribution in [2.45, 2.75) is 33.7 Å². The van der Waals surface area contributed by atoms with Crippen LogP contribution in [0.5, 0.6) is 5.75 Å². The van der Waals surface area contributed by atoms with Crippen LogP contribution in [0.25, 0.3) is 0 Å². The fourth-order valence-electron chi connectivity index (χ4n) is 2.77. The van der Waals surface area contributed by atoms with E-state index in [4.69, 9.17) is 16.3 Å². The Balaban J connectivity index is 1.89. The second kappa shape index (κ2) is 10.6. The molecule has 0 saturated heterocycles. The van der Waals surface area contributed by atoms with Crippen LogP contribution < -0.4 is 20.9 Å². The summed E-state index contributed by atoms with van der Waals surface area (Å²) in [5, 5.41) is 3.18. The highest BCUT2D eigenvalue weighted by Gasteiger charge is 2.25. The van der Waals surface area contributed by atoms with Gasteiger partial charge in [-0.25, -0.2) is 0 Å². The Morgan fingerprint density at radius 1 is 0.967 bits per heavy atom. The highest BCUT2D eigenvalue weighted by atomic mass is 35.5. The average Bonchev–Trinajstić information content (AvgIpc) is 2.70. The summed E-state index contributed by atoms with van der Waals surface area (Å²) in [4.78, 5) is 36.9. The van der Waals surface area contributed by atoms with Crippen molar-refractivity contribution in [3.05, 3.63) is 64.2 Å². The Hall–Kier alpha value is -3.06. The van der Waals surface area contributed by atoms with Gasteiger partial charge in [0.25, 0.3) is 17.7 Å². The van der Waals surface area contributed by atoms with Crippen molar-refractivity contribution in [1.29, 1.82) is 0 Å². The van der Waals surface area contributed by atoms with Gasteiger partial charge in [-0.3, -0.25) is 25.2 Å². The topological polar surface area (TPSA) is 96.5 Å². The van der Waals surface area contributed by atoms with E-state index in [9.17, 15) is 14.4 Å². The van der Waals surface area contributed by atoms with E-state index >= 15 is 0 Å². The zero-order valence-electron chi connectivity index (χ0n) is 17.4. The number of benzene rings is 2. The van der Waals surface area contributed by atoms with Gasteiger partial charge in [-0.05, 0) is 55.2 Å². The quantitative estimate of drug-likeness (QED) is 0.587. The lowest BCUT2D eigenvalue weighted by Crippen LogP contribution is -2.55. The number of rotatable bonds is 7. The molecule has 0 unspecified atom stereocenters. The predicted molar refractivity (Wildman–Crippen MR) is 115 cm³/mol. The van der Waals surface area contributed by atoms with Crippen LogP contribution in [0.15, 0.2) is 42.5 Å². The summed E-state index contributed by atoms with van der Waals surface area (Å²) in [6.07, 6.45) is 0. The number of halogens is 1. The minimum atomic E-state index is -0.840. The zero-order chi connectivity index (χ0) is 22.3. The highest BCUT2D eigenvalue weighted by molar-refractivity contribution is 6.30. The van der Waals surface area contributed by atoms with Crippen molar-refractivity contribution >= 4 is 29.3 Å². The molecular weight excluding hydrogens is 406 g/mol.